The van der Waals surface area contributed by atoms with E-state index >= 15 is 0 Å². The Labute approximate surface area is 196 Å². The number of hydrogen-bond acceptors (Lipinski definition) is 5. The smallest absolute Gasteiger partial charge is 0.410 e. The molecule has 0 spiro atoms. The van der Waals surface area contributed by atoms with Crippen molar-refractivity contribution in [1.29, 1.82) is 0 Å². The molecule has 0 radical (unpaired) electrons. The van der Waals surface area contributed by atoms with Crippen molar-refractivity contribution in [3.05, 3.63) is 56.2 Å². The SMILES string of the molecule is O=C(O)c1ccc(CCCN2C(=O)OCCC2CCC(O)C(F)(F)c2cccc(Br)c2)s1. The van der Waals surface area contributed by atoms with Crippen LogP contribution in [0.25, 0.3) is 0 Å². The van der Waals surface area contributed by atoms with E-state index in [9.17, 15) is 23.5 Å². The number of rotatable bonds is 10. The normalized spacial score (nSPS) is 17.8. The average Bonchev–Trinajstić information content (AvgIpc) is 3.23. The molecule has 2 aromatic rings. The first-order valence-electron chi connectivity index (χ1n) is 10.3. The van der Waals surface area contributed by atoms with E-state index in [2.05, 4.69) is 15.9 Å². The van der Waals surface area contributed by atoms with Crippen molar-refractivity contribution in [3.8, 4) is 0 Å². The van der Waals surface area contributed by atoms with Gasteiger partial charge < -0.3 is 19.8 Å². The molecule has 32 heavy (non-hydrogen) atoms. The lowest BCUT2D eigenvalue weighted by Crippen LogP contribution is -2.47. The number of aliphatic hydroxyl groups is 1. The van der Waals surface area contributed by atoms with Crippen molar-refractivity contribution in [2.45, 2.75) is 50.2 Å². The van der Waals surface area contributed by atoms with Crippen LogP contribution in [0, 0.1) is 0 Å². The number of alkyl halides is 2. The largest absolute Gasteiger partial charge is 0.477 e. The molecule has 1 aliphatic heterocycles. The Balaban J connectivity index is 1.56. The van der Waals surface area contributed by atoms with Crippen molar-refractivity contribution in [1.82, 2.24) is 4.90 Å². The number of carboxylic acids is 1. The number of aromatic carboxylic acids is 1. The molecular formula is C22H24BrF2NO5S. The monoisotopic (exact) mass is 531 g/mol. The van der Waals surface area contributed by atoms with Crippen molar-refractivity contribution in [3.63, 3.8) is 0 Å². The first-order valence-corrected chi connectivity index (χ1v) is 11.9. The fourth-order valence-electron chi connectivity index (χ4n) is 3.71. The number of hydrogen-bond donors (Lipinski definition) is 2. The Morgan fingerprint density at radius 3 is 2.81 bits per heavy atom. The van der Waals surface area contributed by atoms with Crippen molar-refractivity contribution in [2.24, 2.45) is 0 Å². The maximum atomic E-state index is 14.7. The van der Waals surface area contributed by atoms with Crippen LogP contribution in [0.2, 0.25) is 0 Å². The maximum Gasteiger partial charge on any atom is 0.410 e. The van der Waals surface area contributed by atoms with E-state index in [1.165, 1.54) is 34.4 Å². The van der Waals surface area contributed by atoms with Gasteiger partial charge in [-0.25, -0.2) is 9.59 Å². The topological polar surface area (TPSA) is 87.1 Å². The molecule has 0 saturated carbocycles. The highest BCUT2D eigenvalue weighted by molar-refractivity contribution is 9.10. The molecule has 1 aromatic heterocycles. The average molecular weight is 532 g/mol. The summed E-state index contributed by atoms with van der Waals surface area (Å²) in [7, 11) is 0. The summed E-state index contributed by atoms with van der Waals surface area (Å²) in [6.07, 6.45) is -0.629. The predicted octanol–water partition coefficient (Wildman–Crippen LogP) is 5.29. The number of thiophene rings is 1. The Morgan fingerprint density at radius 1 is 1.34 bits per heavy atom. The number of aliphatic hydroxyl groups excluding tert-OH is 1. The highest BCUT2D eigenvalue weighted by atomic mass is 79.9. The summed E-state index contributed by atoms with van der Waals surface area (Å²) >= 11 is 4.36. The molecule has 2 heterocycles. The van der Waals surface area contributed by atoms with Crippen molar-refractivity contribution < 1.29 is 33.3 Å². The Hall–Kier alpha value is -2.04. The minimum absolute atomic E-state index is 0.166. The highest BCUT2D eigenvalue weighted by Gasteiger charge is 2.41. The second-order valence-electron chi connectivity index (χ2n) is 7.65. The zero-order chi connectivity index (χ0) is 23.3. The van der Waals surface area contributed by atoms with Gasteiger partial charge in [0.1, 0.15) is 11.0 Å². The van der Waals surface area contributed by atoms with E-state index in [1.54, 1.807) is 18.2 Å². The number of carbonyl (C=O) groups excluding carboxylic acids is 1. The van der Waals surface area contributed by atoms with Crippen LogP contribution in [-0.4, -0.2) is 52.5 Å². The molecule has 3 rings (SSSR count). The molecule has 10 heteroatoms. The van der Waals surface area contributed by atoms with E-state index in [0.29, 0.717) is 30.3 Å². The van der Waals surface area contributed by atoms with Crippen molar-refractivity contribution >= 4 is 39.3 Å². The molecule has 6 nitrogen and oxygen atoms in total. The molecule has 0 aliphatic carbocycles. The second kappa shape index (κ2) is 10.7. The van der Waals surface area contributed by atoms with Crippen LogP contribution in [-0.2, 0) is 17.1 Å². The second-order valence-corrected chi connectivity index (χ2v) is 9.74. The van der Waals surface area contributed by atoms with Gasteiger partial charge in [0.25, 0.3) is 5.92 Å². The number of aryl methyl sites for hydroxylation is 1. The molecule has 1 fully saturated rings. The summed E-state index contributed by atoms with van der Waals surface area (Å²) in [6, 6.07) is 8.68. The van der Waals surface area contributed by atoms with E-state index < -0.39 is 24.1 Å². The Bertz CT molecular complexity index is 954. The fraction of sp³-hybridized carbons (Fsp3) is 0.455. The van der Waals surface area contributed by atoms with Crippen molar-refractivity contribution in [2.75, 3.05) is 13.2 Å². The van der Waals surface area contributed by atoms with E-state index in [4.69, 9.17) is 9.84 Å². The minimum Gasteiger partial charge on any atom is -0.477 e. The lowest BCUT2D eigenvalue weighted by Gasteiger charge is -2.36. The van der Waals surface area contributed by atoms with Gasteiger partial charge in [0.15, 0.2) is 0 Å². The zero-order valence-electron chi connectivity index (χ0n) is 17.2. The highest BCUT2D eigenvalue weighted by Crippen LogP contribution is 2.36. The quantitative estimate of drug-likeness (QED) is 0.435. The standard InChI is InChI=1S/C22H24BrF2NO5S/c23-15-4-1-3-14(13-15)22(24,25)19(27)9-6-16-10-12-31-21(30)26(16)11-2-5-17-7-8-18(32-17)20(28)29/h1,3-4,7-8,13,16,19,27H,2,5-6,9-12H2,(H,28,29). The van der Waals surface area contributed by atoms with Crippen LogP contribution in [0.3, 0.4) is 0 Å². The van der Waals surface area contributed by atoms with Gasteiger partial charge in [-0.05, 0) is 49.9 Å². The molecule has 2 N–H and O–H groups in total. The molecule has 0 bridgehead atoms. The van der Waals surface area contributed by atoms with Crippen LogP contribution in [0.4, 0.5) is 13.6 Å². The molecule has 2 atom stereocenters. The Kier molecular flexibility index (Phi) is 8.24. The third kappa shape index (κ3) is 6.05. The number of halogens is 3. The number of carbonyl (C=O) groups is 2. The van der Waals surface area contributed by atoms with Gasteiger partial charge in [0.2, 0.25) is 0 Å². The number of cyclic esters (lactones) is 1. The molecule has 1 saturated heterocycles. The van der Waals surface area contributed by atoms with Gasteiger partial charge in [0.05, 0.1) is 6.61 Å². The Morgan fingerprint density at radius 2 is 2.12 bits per heavy atom. The lowest BCUT2D eigenvalue weighted by atomic mass is 9.96. The molecule has 2 unspecified atom stereocenters. The van der Waals surface area contributed by atoms with E-state index in [0.717, 1.165) is 4.88 Å². The van der Waals surface area contributed by atoms with Gasteiger partial charge in [-0.3, -0.25) is 0 Å². The van der Waals surface area contributed by atoms with Crippen LogP contribution < -0.4 is 0 Å². The van der Waals surface area contributed by atoms with Gasteiger partial charge >= 0.3 is 12.1 Å². The first-order chi connectivity index (χ1) is 15.2. The maximum absolute atomic E-state index is 14.7. The minimum atomic E-state index is -3.41. The molecular weight excluding hydrogens is 508 g/mol. The molecule has 1 aromatic carbocycles. The first kappa shape index (κ1) is 24.6. The summed E-state index contributed by atoms with van der Waals surface area (Å²) in [5.41, 5.74) is -0.268. The number of benzene rings is 1. The third-order valence-electron chi connectivity index (χ3n) is 5.45. The van der Waals surface area contributed by atoms with Crippen LogP contribution in [0.1, 0.15) is 45.8 Å². The van der Waals surface area contributed by atoms with Gasteiger partial charge in [-0.2, -0.15) is 8.78 Å². The predicted molar refractivity (Wildman–Crippen MR) is 119 cm³/mol. The molecule has 1 amide bonds. The van der Waals surface area contributed by atoms with Crippen LogP contribution >= 0.6 is 27.3 Å². The summed E-state index contributed by atoms with van der Waals surface area (Å²) in [5, 5.41) is 19.2. The number of nitrogens with zero attached hydrogens (tertiary/aromatic N) is 1. The summed E-state index contributed by atoms with van der Waals surface area (Å²) < 4.78 is 35.0. The lowest BCUT2D eigenvalue weighted by molar-refractivity contribution is -0.120. The number of carboxylic acid groups (broad SMARTS) is 1. The summed E-state index contributed by atoms with van der Waals surface area (Å²) in [4.78, 5) is 25.9. The van der Waals surface area contributed by atoms with Gasteiger partial charge in [-0.15, -0.1) is 11.3 Å². The third-order valence-corrected chi connectivity index (χ3v) is 7.07. The summed E-state index contributed by atoms with van der Waals surface area (Å²) in [6.45, 7) is 0.576. The van der Waals surface area contributed by atoms with Gasteiger partial charge in [0, 0.05) is 33.9 Å². The molecule has 174 valence electrons. The van der Waals surface area contributed by atoms with Gasteiger partial charge in [-0.1, -0.05) is 28.1 Å². The molecule has 1 aliphatic rings. The zero-order valence-corrected chi connectivity index (χ0v) is 19.6. The van der Waals surface area contributed by atoms with Crippen LogP contribution in [0.15, 0.2) is 40.9 Å². The number of amides is 1. The summed E-state index contributed by atoms with van der Waals surface area (Å²) in [5.74, 6) is -4.38. The van der Waals surface area contributed by atoms with E-state index in [-0.39, 0.29) is 35.9 Å². The van der Waals surface area contributed by atoms with Crippen LogP contribution in [0.5, 0.6) is 0 Å². The number of ether oxygens (including phenoxy) is 1. The van der Waals surface area contributed by atoms with E-state index in [1.807, 2.05) is 0 Å². The fourth-order valence-corrected chi connectivity index (χ4v) is 5.00.